The number of benzene rings is 1. The maximum absolute atomic E-state index is 13.5. The molecule has 0 saturated heterocycles. The van der Waals surface area contributed by atoms with E-state index in [1.807, 2.05) is 0 Å². The number of non-ortho nitro benzene ring substituents is 1. The lowest BCUT2D eigenvalue weighted by molar-refractivity contribution is -0.384. The van der Waals surface area contributed by atoms with Crippen molar-refractivity contribution >= 4 is 11.6 Å². The highest BCUT2D eigenvalue weighted by Crippen LogP contribution is 2.16. The summed E-state index contributed by atoms with van der Waals surface area (Å²) in [5.74, 6) is -0.811. The largest absolute Gasteiger partial charge is 0.469 e. The van der Waals surface area contributed by atoms with Gasteiger partial charge in [-0.15, -0.1) is 0 Å². The van der Waals surface area contributed by atoms with Crippen LogP contribution >= 0.6 is 0 Å². The van der Waals surface area contributed by atoms with Gasteiger partial charge in [0.2, 0.25) is 0 Å². The maximum Gasteiger partial charge on any atom is 0.270 e. The molecule has 1 heterocycles. The first kappa shape index (κ1) is 13.7. The van der Waals surface area contributed by atoms with Gasteiger partial charge in [0, 0.05) is 25.1 Å². The Morgan fingerprint density at radius 2 is 2.20 bits per heavy atom. The van der Waals surface area contributed by atoms with Gasteiger partial charge in [0.1, 0.15) is 11.6 Å². The van der Waals surface area contributed by atoms with Crippen LogP contribution in [0, 0.1) is 15.9 Å². The molecule has 20 heavy (non-hydrogen) atoms. The first-order chi connectivity index (χ1) is 9.58. The van der Waals surface area contributed by atoms with Gasteiger partial charge in [-0.3, -0.25) is 14.9 Å². The van der Waals surface area contributed by atoms with Gasteiger partial charge < -0.3 is 9.73 Å². The number of hydrogen-bond acceptors (Lipinski definition) is 4. The highest BCUT2D eigenvalue weighted by atomic mass is 19.1. The Morgan fingerprint density at radius 1 is 1.40 bits per heavy atom. The lowest BCUT2D eigenvalue weighted by atomic mass is 10.1. The van der Waals surface area contributed by atoms with Crippen molar-refractivity contribution in [3.63, 3.8) is 0 Å². The number of nitrogens with zero attached hydrogens (tertiary/aromatic N) is 1. The lowest BCUT2D eigenvalue weighted by Gasteiger charge is -2.05. The first-order valence-corrected chi connectivity index (χ1v) is 5.82. The van der Waals surface area contributed by atoms with Crippen LogP contribution in [0.15, 0.2) is 41.0 Å². The molecule has 7 heteroatoms. The van der Waals surface area contributed by atoms with Gasteiger partial charge in [-0.05, 0) is 18.2 Å². The molecule has 0 spiro atoms. The van der Waals surface area contributed by atoms with Crippen LogP contribution in [0.25, 0.3) is 0 Å². The van der Waals surface area contributed by atoms with Crippen molar-refractivity contribution < 1.29 is 18.5 Å². The topological polar surface area (TPSA) is 85.4 Å². The number of nitro groups is 1. The first-order valence-electron chi connectivity index (χ1n) is 5.82. The number of carbonyl (C=O) groups is 1. The molecule has 0 fully saturated rings. The average molecular weight is 278 g/mol. The zero-order valence-electron chi connectivity index (χ0n) is 10.3. The molecule has 104 valence electrons. The highest BCUT2D eigenvalue weighted by Gasteiger charge is 2.16. The number of carbonyl (C=O) groups excluding carboxylic acids is 1. The molecule has 0 radical (unpaired) electrons. The summed E-state index contributed by atoms with van der Waals surface area (Å²) in [5, 5.41) is 13.1. The van der Waals surface area contributed by atoms with Crippen molar-refractivity contribution in [3.05, 3.63) is 63.9 Å². The van der Waals surface area contributed by atoms with Crippen molar-refractivity contribution in [1.29, 1.82) is 0 Å². The molecule has 0 atom stereocenters. The van der Waals surface area contributed by atoms with Crippen LogP contribution in [0.2, 0.25) is 0 Å². The Balaban J connectivity index is 2.01. The molecule has 2 rings (SSSR count). The van der Waals surface area contributed by atoms with E-state index in [1.165, 1.54) is 6.26 Å². The van der Waals surface area contributed by atoms with E-state index < -0.39 is 16.6 Å². The molecule has 1 N–H and O–H groups in total. The summed E-state index contributed by atoms with van der Waals surface area (Å²) in [5.41, 5.74) is -0.679. The summed E-state index contributed by atoms with van der Waals surface area (Å²) in [4.78, 5) is 21.7. The summed E-state index contributed by atoms with van der Waals surface area (Å²) in [6.07, 6.45) is 1.96. The van der Waals surface area contributed by atoms with Crippen LogP contribution in [-0.2, 0) is 6.42 Å². The molecule has 1 aromatic heterocycles. The Hall–Kier alpha value is -2.70. The van der Waals surface area contributed by atoms with Crippen molar-refractivity contribution in [2.45, 2.75) is 6.42 Å². The van der Waals surface area contributed by atoms with Crippen molar-refractivity contribution in [2.24, 2.45) is 0 Å². The molecule has 0 saturated carbocycles. The monoisotopic (exact) mass is 278 g/mol. The van der Waals surface area contributed by atoms with Gasteiger partial charge in [-0.1, -0.05) is 0 Å². The van der Waals surface area contributed by atoms with E-state index in [0.29, 0.717) is 12.2 Å². The van der Waals surface area contributed by atoms with E-state index in [0.717, 1.165) is 18.2 Å². The van der Waals surface area contributed by atoms with E-state index in [2.05, 4.69) is 5.32 Å². The van der Waals surface area contributed by atoms with E-state index in [9.17, 15) is 19.3 Å². The minimum atomic E-state index is -0.800. The summed E-state index contributed by atoms with van der Waals surface area (Å²) in [7, 11) is 0. The number of furan rings is 1. The molecule has 0 aliphatic carbocycles. The predicted octanol–water partition coefficient (Wildman–Crippen LogP) is 2.30. The van der Waals surface area contributed by atoms with Gasteiger partial charge in [0.15, 0.2) is 0 Å². The summed E-state index contributed by atoms with van der Waals surface area (Å²) < 4.78 is 18.6. The molecule has 0 aliphatic heterocycles. The van der Waals surface area contributed by atoms with Gasteiger partial charge >= 0.3 is 0 Å². The zero-order chi connectivity index (χ0) is 14.5. The van der Waals surface area contributed by atoms with Crippen LogP contribution < -0.4 is 5.32 Å². The van der Waals surface area contributed by atoms with Crippen LogP contribution in [0.4, 0.5) is 10.1 Å². The number of hydrogen-bond donors (Lipinski definition) is 1. The Morgan fingerprint density at radius 3 is 2.85 bits per heavy atom. The molecule has 2 aromatic rings. The standard InChI is InChI=1S/C13H11FN2O4/c14-12-4-3-9(16(18)19)8-11(12)13(17)15-6-5-10-2-1-7-20-10/h1-4,7-8H,5-6H2,(H,15,17). The van der Waals surface area contributed by atoms with Crippen molar-refractivity contribution in [3.8, 4) is 0 Å². The van der Waals surface area contributed by atoms with Crippen LogP contribution in [-0.4, -0.2) is 17.4 Å². The fourth-order valence-corrected chi connectivity index (χ4v) is 1.65. The lowest BCUT2D eigenvalue weighted by Crippen LogP contribution is -2.26. The van der Waals surface area contributed by atoms with Gasteiger partial charge in [0.25, 0.3) is 11.6 Å². The molecule has 0 unspecified atom stereocenters. The smallest absolute Gasteiger partial charge is 0.270 e. The maximum atomic E-state index is 13.5. The van der Waals surface area contributed by atoms with Crippen molar-refractivity contribution in [2.75, 3.05) is 6.54 Å². The second kappa shape index (κ2) is 5.96. The summed E-state index contributed by atoms with van der Waals surface area (Å²) in [6.45, 7) is 0.245. The minimum absolute atomic E-state index is 0.245. The van der Waals surface area contributed by atoms with Crippen LogP contribution in [0.1, 0.15) is 16.1 Å². The number of nitro benzene ring substituents is 1. The second-order valence-corrected chi connectivity index (χ2v) is 4.01. The van der Waals surface area contributed by atoms with Gasteiger partial charge in [-0.2, -0.15) is 0 Å². The minimum Gasteiger partial charge on any atom is -0.469 e. The average Bonchev–Trinajstić information content (AvgIpc) is 2.92. The van der Waals surface area contributed by atoms with E-state index in [1.54, 1.807) is 12.1 Å². The quantitative estimate of drug-likeness (QED) is 0.671. The Bertz CT molecular complexity index is 625. The predicted molar refractivity (Wildman–Crippen MR) is 67.8 cm³/mol. The molecule has 1 amide bonds. The van der Waals surface area contributed by atoms with E-state index in [4.69, 9.17) is 4.42 Å². The SMILES string of the molecule is O=C(NCCc1ccco1)c1cc([N+](=O)[O-])ccc1F. The Kier molecular flexibility index (Phi) is 4.09. The fraction of sp³-hybridized carbons (Fsp3) is 0.154. The molecule has 0 bridgehead atoms. The second-order valence-electron chi connectivity index (χ2n) is 4.01. The third-order valence-corrected chi connectivity index (χ3v) is 2.64. The third-order valence-electron chi connectivity index (χ3n) is 2.64. The van der Waals surface area contributed by atoms with E-state index in [-0.39, 0.29) is 17.8 Å². The molecular weight excluding hydrogens is 267 g/mol. The third kappa shape index (κ3) is 3.19. The number of nitrogens with one attached hydrogen (secondary N) is 1. The van der Waals surface area contributed by atoms with Crippen LogP contribution in [0.3, 0.4) is 0 Å². The number of rotatable bonds is 5. The van der Waals surface area contributed by atoms with E-state index >= 15 is 0 Å². The normalized spacial score (nSPS) is 10.2. The molecule has 0 aliphatic rings. The van der Waals surface area contributed by atoms with Crippen LogP contribution in [0.5, 0.6) is 0 Å². The summed E-state index contributed by atoms with van der Waals surface area (Å²) >= 11 is 0. The molecular formula is C13H11FN2O4. The molecule has 1 aromatic carbocycles. The van der Waals surface area contributed by atoms with Gasteiger partial charge in [0.05, 0.1) is 16.7 Å². The number of amides is 1. The number of halogens is 1. The highest BCUT2D eigenvalue weighted by molar-refractivity contribution is 5.95. The zero-order valence-corrected chi connectivity index (χ0v) is 10.3. The fourth-order valence-electron chi connectivity index (χ4n) is 1.65. The molecule has 6 nitrogen and oxygen atoms in total. The van der Waals surface area contributed by atoms with Gasteiger partial charge in [-0.25, -0.2) is 4.39 Å². The van der Waals surface area contributed by atoms with Crippen molar-refractivity contribution in [1.82, 2.24) is 5.32 Å². The summed E-state index contributed by atoms with van der Waals surface area (Å²) in [6, 6.07) is 6.30. The Labute approximate surface area is 113 Å².